The standard InChI is InChI=1S/C13H27NO/c1-5-11(3)12(14-6-2)10-13(15-4)8-7-9-13/h11-12,14H,5-10H2,1-4H3. The number of rotatable bonds is 7. The van der Waals surface area contributed by atoms with Crippen molar-refractivity contribution in [3.05, 3.63) is 0 Å². The number of methoxy groups -OCH3 is 1. The van der Waals surface area contributed by atoms with E-state index in [4.69, 9.17) is 4.74 Å². The van der Waals surface area contributed by atoms with E-state index in [0.29, 0.717) is 6.04 Å². The third-order valence-corrected chi connectivity index (χ3v) is 4.09. The molecule has 1 N–H and O–H groups in total. The van der Waals surface area contributed by atoms with Crippen molar-refractivity contribution in [3.63, 3.8) is 0 Å². The number of hydrogen-bond donors (Lipinski definition) is 1. The maximum absolute atomic E-state index is 5.71. The molecule has 2 atom stereocenters. The minimum absolute atomic E-state index is 0.205. The second kappa shape index (κ2) is 5.86. The highest BCUT2D eigenvalue weighted by Gasteiger charge is 2.39. The molecule has 1 rings (SSSR count). The van der Waals surface area contributed by atoms with Crippen LogP contribution in [0, 0.1) is 5.92 Å². The molecule has 0 amide bonds. The number of hydrogen-bond acceptors (Lipinski definition) is 2. The molecule has 90 valence electrons. The predicted molar refractivity (Wildman–Crippen MR) is 65.1 cm³/mol. The van der Waals surface area contributed by atoms with Crippen molar-refractivity contribution >= 4 is 0 Å². The van der Waals surface area contributed by atoms with Crippen molar-refractivity contribution in [1.29, 1.82) is 0 Å². The molecule has 0 aromatic heterocycles. The van der Waals surface area contributed by atoms with Crippen molar-refractivity contribution in [2.24, 2.45) is 5.92 Å². The van der Waals surface area contributed by atoms with Crippen LogP contribution in [0.5, 0.6) is 0 Å². The molecule has 1 aliphatic rings. The highest BCUT2D eigenvalue weighted by molar-refractivity contribution is 4.94. The SMILES string of the molecule is CCNC(CC1(OC)CCC1)C(C)CC. The van der Waals surface area contributed by atoms with Crippen molar-refractivity contribution < 1.29 is 4.74 Å². The first-order valence-corrected chi connectivity index (χ1v) is 6.46. The Bertz CT molecular complexity index is 172. The van der Waals surface area contributed by atoms with Gasteiger partial charge in [0.05, 0.1) is 5.60 Å². The van der Waals surface area contributed by atoms with E-state index in [1.807, 2.05) is 7.11 Å². The highest BCUT2D eigenvalue weighted by Crippen LogP contribution is 2.40. The Morgan fingerprint density at radius 3 is 2.33 bits per heavy atom. The summed E-state index contributed by atoms with van der Waals surface area (Å²) in [6.07, 6.45) is 6.28. The van der Waals surface area contributed by atoms with E-state index in [-0.39, 0.29) is 5.60 Å². The van der Waals surface area contributed by atoms with Crippen molar-refractivity contribution in [2.75, 3.05) is 13.7 Å². The summed E-state index contributed by atoms with van der Waals surface area (Å²) in [6, 6.07) is 0.625. The molecular weight excluding hydrogens is 186 g/mol. The molecule has 0 aliphatic heterocycles. The van der Waals surface area contributed by atoms with Crippen LogP contribution in [0.4, 0.5) is 0 Å². The fourth-order valence-electron chi connectivity index (χ4n) is 2.48. The summed E-state index contributed by atoms with van der Waals surface area (Å²) in [4.78, 5) is 0. The quantitative estimate of drug-likeness (QED) is 0.702. The molecule has 2 nitrogen and oxygen atoms in total. The van der Waals surface area contributed by atoms with Gasteiger partial charge in [0, 0.05) is 13.2 Å². The summed E-state index contributed by atoms with van der Waals surface area (Å²) in [5.74, 6) is 0.748. The average Bonchev–Trinajstić information content (AvgIpc) is 2.20. The number of ether oxygens (including phenoxy) is 1. The van der Waals surface area contributed by atoms with Crippen LogP contribution in [-0.2, 0) is 4.74 Å². The van der Waals surface area contributed by atoms with E-state index in [9.17, 15) is 0 Å². The maximum Gasteiger partial charge on any atom is 0.0693 e. The predicted octanol–water partition coefficient (Wildman–Crippen LogP) is 2.97. The summed E-state index contributed by atoms with van der Waals surface area (Å²) in [7, 11) is 1.87. The maximum atomic E-state index is 5.71. The monoisotopic (exact) mass is 213 g/mol. The lowest BCUT2D eigenvalue weighted by Crippen LogP contribution is -2.48. The van der Waals surface area contributed by atoms with Gasteiger partial charge >= 0.3 is 0 Å². The van der Waals surface area contributed by atoms with E-state index in [2.05, 4.69) is 26.1 Å². The first-order chi connectivity index (χ1) is 7.17. The van der Waals surface area contributed by atoms with E-state index >= 15 is 0 Å². The van der Waals surface area contributed by atoms with Crippen LogP contribution in [0.3, 0.4) is 0 Å². The van der Waals surface area contributed by atoms with Crippen LogP contribution in [0.1, 0.15) is 52.9 Å². The summed E-state index contributed by atoms with van der Waals surface area (Å²) >= 11 is 0. The highest BCUT2D eigenvalue weighted by atomic mass is 16.5. The van der Waals surface area contributed by atoms with Crippen LogP contribution in [0.25, 0.3) is 0 Å². The van der Waals surface area contributed by atoms with Crippen LogP contribution in [0.2, 0.25) is 0 Å². The molecule has 2 unspecified atom stereocenters. The van der Waals surface area contributed by atoms with E-state index < -0.39 is 0 Å². The molecular formula is C13H27NO. The molecule has 0 bridgehead atoms. The minimum Gasteiger partial charge on any atom is -0.378 e. The van der Waals surface area contributed by atoms with Crippen LogP contribution in [0.15, 0.2) is 0 Å². The molecule has 0 spiro atoms. The van der Waals surface area contributed by atoms with E-state index in [1.54, 1.807) is 0 Å². The number of nitrogens with one attached hydrogen (secondary N) is 1. The van der Waals surface area contributed by atoms with Gasteiger partial charge in [0.1, 0.15) is 0 Å². The zero-order chi connectivity index (χ0) is 11.3. The van der Waals surface area contributed by atoms with Gasteiger partial charge in [0.25, 0.3) is 0 Å². The Morgan fingerprint density at radius 2 is 2.00 bits per heavy atom. The summed E-state index contributed by atoms with van der Waals surface area (Å²) in [5, 5.41) is 3.61. The third-order valence-electron chi connectivity index (χ3n) is 4.09. The zero-order valence-electron chi connectivity index (χ0n) is 10.8. The first-order valence-electron chi connectivity index (χ1n) is 6.46. The lowest BCUT2D eigenvalue weighted by Gasteiger charge is -2.44. The van der Waals surface area contributed by atoms with Gasteiger partial charge in [-0.1, -0.05) is 27.2 Å². The Balaban J connectivity index is 2.49. The Labute approximate surface area is 94.8 Å². The normalized spacial score (nSPS) is 23.2. The van der Waals surface area contributed by atoms with Gasteiger partial charge in [0.15, 0.2) is 0 Å². The van der Waals surface area contributed by atoms with Crippen molar-refractivity contribution in [2.45, 2.75) is 64.5 Å². The topological polar surface area (TPSA) is 21.3 Å². The lowest BCUT2D eigenvalue weighted by atomic mass is 9.73. The Kier molecular flexibility index (Phi) is 5.07. The van der Waals surface area contributed by atoms with Crippen molar-refractivity contribution in [1.82, 2.24) is 5.32 Å². The van der Waals surface area contributed by atoms with Gasteiger partial charge in [-0.15, -0.1) is 0 Å². The Hall–Kier alpha value is -0.0800. The minimum atomic E-state index is 0.205. The van der Waals surface area contributed by atoms with Crippen molar-refractivity contribution in [3.8, 4) is 0 Å². The molecule has 1 fully saturated rings. The van der Waals surface area contributed by atoms with Gasteiger partial charge in [-0.2, -0.15) is 0 Å². The van der Waals surface area contributed by atoms with E-state index in [1.165, 1.54) is 32.1 Å². The van der Waals surface area contributed by atoms with Gasteiger partial charge in [-0.3, -0.25) is 0 Å². The second-order valence-corrected chi connectivity index (χ2v) is 4.99. The zero-order valence-corrected chi connectivity index (χ0v) is 10.8. The van der Waals surface area contributed by atoms with Gasteiger partial charge in [0.2, 0.25) is 0 Å². The molecule has 0 saturated heterocycles. The van der Waals surface area contributed by atoms with Gasteiger partial charge in [-0.05, 0) is 38.1 Å². The largest absolute Gasteiger partial charge is 0.378 e. The van der Waals surface area contributed by atoms with Crippen LogP contribution in [-0.4, -0.2) is 25.3 Å². The smallest absolute Gasteiger partial charge is 0.0693 e. The Morgan fingerprint density at radius 1 is 1.33 bits per heavy atom. The average molecular weight is 213 g/mol. The fraction of sp³-hybridized carbons (Fsp3) is 1.00. The second-order valence-electron chi connectivity index (χ2n) is 4.99. The molecule has 0 aromatic rings. The molecule has 0 radical (unpaired) electrons. The molecule has 2 heteroatoms. The summed E-state index contributed by atoms with van der Waals surface area (Å²) in [5.41, 5.74) is 0.205. The van der Waals surface area contributed by atoms with Gasteiger partial charge < -0.3 is 10.1 Å². The molecule has 15 heavy (non-hydrogen) atoms. The molecule has 0 heterocycles. The van der Waals surface area contributed by atoms with E-state index in [0.717, 1.165) is 12.5 Å². The third kappa shape index (κ3) is 3.18. The molecule has 1 aliphatic carbocycles. The lowest BCUT2D eigenvalue weighted by molar-refractivity contribution is -0.0865. The molecule has 1 saturated carbocycles. The fourth-order valence-corrected chi connectivity index (χ4v) is 2.48. The summed E-state index contributed by atoms with van der Waals surface area (Å²) < 4.78 is 5.71. The van der Waals surface area contributed by atoms with Gasteiger partial charge in [-0.25, -0.2) is 0 Å². The summed E-state index contributed by atoms with van der Waals surface area (Å²) in [6.45, 7) is 7.87. The first kappa shape index (κ1) is 13.0. The molecule has 0 aromatic carbocycles. The van der Waals surface area contributed by atoms with Crippen LogP contribution < -0.4 is 5.32 Å². The van der Waals surface area contributed by atoms with Crippen LogP contribution >= 0.6 is 0 Å².